The normalized spacial score (nSPS) is 13.1. The first-order chi connectivity index (χ1) is 18.7. The number of H-pyrrole nitrogens is 2. The Balaban J connectivity index is 1.60. The van der Waals surface area contributed by atoms with Gasteiger partial charge < -0.3 is 36.6 Å². The number of amides is 4. The van der Waals surface area contributed by atoms with Gasteiger partial charge in [0.25, 0.3) is 0 Å². The van der Waals surface area contributed by atoms with Gasteiger partial charge >= 0.3 is 6.03 Å². The van der Waals surface area contributed by atoms with Crippen LogP contribution in [0.2, 0.25) is 0 Å². The molecule has 206 valence electrons. The number of aromatic amines is 2. The molecule has 0 saturated heterocycles. The second-order valence-electron chi connectivity index (χ2n) is 10.1. The molecule has 4 amide bonds. The summed E-state index contributed by atoms with van der Waals surface area (Å²) in [5.74, 6) is -0.711. The fourth-order valence-electron chi connectivity index (χ4n) is 4.48. The predicted molar refractivity (Wildman–Crippen MR) is 153 cm³/mol. The Kier molecular flexibility index (Phi) is 8.55. The smallest absolute Gasteiger partial charge is 0.316 e. The lowest BCUT2D eigenvalue weighted by Crippen LogP contribution is -2.60. The van der Waals surface area contributed by atoms with Gasteiger partial charge in [-0.05, 0) is 51.1 Å². The third-order valence-electron chi connectivity index (χ3n) is 6.97. The monoisotopic (exact) mass is 531 g/mol. The van der Waals surface area contributed by atoms with Gasteiger partial charge in [-0.15, -0.1) is 0 Å². The summed E-state index contributed by atoms with van der Waals surface area (Å²) in [5.41, 5.74) is 2.87. The van der Waals surface area contributed by atoms with E-state index in [4.69, 9.17) is 0 Å². The molecule has 4 aromatic rings. The number of urea groups is 1. The molecule has 0 aliphatic heterocycles. The summed E-state index contributed by atoms with van der Waals surface area (Å²) in [4.78, 5) is 45.8. The number of benzene rings is 2. The number of hydrogen-bond donors (Lipinski definition) is 7. The van der Waals surface area contributed by atoms with Gasteiger partial charge in [-0.25, -0.2) is 4.79 Å². The van der Waals surface area contributed by atoms with Crippen LogP contribution in [0.3, 0.4) is 0 Å². The van der Waals surface area contributed by atoms with Crippen molar-refractivity contribution in [2.75, 3.05) is 13.6 Å². The Hall–Kier alpha value is -4.31. The molecule has 7 N–H and O–H groups in total. The SMILES string of the molecule is CCNC(=O)N[C@@H](Cc1c[nH]c2ccccc12)NC(=O)[C@@H](Cc1c[nH]c2ccccc12)NC(=O)C(C)(C)NC. The number of para-hydroxylation sites is 2. The molecule has 0 fully saturated rings. The molecule has 0 bridgehead atoms. The number of hydrogen-bond acceptors (Lipinski definition) is 4. The Morgan fingerprint density at radius 1 is 0.821 bits per heavy atom. The van der Waals surface area contributed by atoms with E-state index in [9.17, 15) is 14.4 Å². The van der Waals surface area contributed by atoms with Gasteiger partial charge in [0.05, 0.1) is 5.54 Å². The lowest BCUT2D eigenvalue weighted by molar-refractivity contribution is -0.132. The Morgan fingerprint density at radius 2 is 1.38 bits per heavy atom. The molecule has 2 aromatic heterocycles. The van der Waals surface area contributed by atoms with Crippen molar-refractivity contribution in [1.82, 2.24) is 36.6 Å². The van der Waals surface area contributed by atoms with Crippen LogP contribution in [0.1, 0.15) is 31.9 Å². The fraction of sp³-hybridized carbons (Fsp3) is 0.345. The number of aromatic nitrogens is 2. The van der Waals surface area contributed by atoms with Gasteiger partial charge in [0.2, 0.25) is 11.8 Å². The zero-order valence-corrected chi connectivity index (χ0v) is 22.8. The van der Waals surface area contributed by atoms with Crippen LogP contribution in [0.15, 0.2) is 60.9 Å². The summed E-state index contributed by atoms with van der Waals surface area (Å²) in [6, 6.07) is 14.4. The standard InChI is InChI=1S/C29H37N7O3/c1-5-31-28(39)36-25(15-19-17-33-23-13-9-7-11-21(19)23)35-26(37)24(34-27(38)29(2,3)30-4)14-18-16-32-22-12-8-6-10-20(18)22/h6-13,16-17,24-25,30,32-33H,5,14-15H2,1-4H3,(H,34,38)(H,35,37)(H2,31,36,39)/t24-,25+/m1/s1. The second kappa shape index (κ2) is 12.0. The zero-order chi connectivity index (χ0) is 28.0. The number of nitrogens with one attached hydrogen (secondary N) is 7. The van der Waals surface area contributed by atoms with E-state index in [0.29, 0.717) is 13.0 Å². The molecule has 0 saturated carbocycles. The number of likely N-dealkylation sites (N-methyl/N-ethyl adjacent to an activating group) is 1. The number of fused-ring (bicyclic) bond motifs is 2. The van der Waals surface area contributed by atoms with Crippen LogP contribution >= 0.6 is 0 Å². The van der Waals surface area contributed by atoms with Crippen molar-refractivity contribution in [1.29, 1.82) is 0 Å². The molecule has 2 atom stereocenters. The molecule has 0 radical (unpaired) electrons. The van der Waals surface area contributed by atoms with Gasteiger partial charge in [-0.3, -0.25) is 9.59 Å². The van der Waals surface area contributed by atoms with Crippen molar-refractivity contribution in [2.24, 2.45) is 0 Å². The van der Waals surface area contributed by atoms with Crippen LogP contribution < -0.4 is 26.6 Å². The molecule has 10 nitrogen and oxygen atoms in total. The Labute approximate surface area is 227 Å². The predicted octanol–water partition coefficient (Wildman–Crippen LogP) is 2.68. The van der Waals surface area contributed by atoms with Crippen molar-refractivity contribution in [3.05, 3.63) is 72.1 Å². The molecule has 4 rings (SSSR count). The van der Waals surface area contributed by atoms with E-state index < -0.39 is 29.7 Å². The molecule has 39 heavy (non-hydrogen) atoms. The number of carbonyl (C=O) groups excluding carboxylic acids is 3. The van der Waals surface area contributed by atoms with Crippen molar-refractivity contribution in [3.63, 3.8) is 0 Å². The minimum atomic E-state index is -0.887. The molecule has 10 heteroatoms. The maximum Gasteiger partial charge on any atom is 0.316 e. The second-order valence-corrected chi connectivity index (χ2v) is 10.1. The van der Waals surface area contributed by atoms with Gasteiger partial charge in [0, 0.05) is 53.6 Å². The van der Waals surface area contributed by atoms with E-state index in [-0.39, 0.29) is 12.3 Å². The van der Waals surface area contributed by atoms with Gasteiger partial charge in [-0.1, -0.05) is 36.4 Å². The molecule has 0 spiro atoms. The lowest BCUT2D eigenvalue weighted by Gasteiger charge is -2.28. The highest BCUT2D eigenvalue weighted by Crippen LogP contribution is 2.21. The number of carbonyl (C=O) groups is 3. The summed E-state index contributed by atoms with van der Waals surface area (Å²) in [6.45, 7) is 5.76. The first-order valence-electron chi connectivity index (χ1n) is 13.2. The van der Waals surface area contributed by atoms with E-state index in [2.05, 4.69) is 36.6 Å². The van der Waals surface area contributed by atoms with E-state index >= 15 is 0 Å². The van der Waals surface area contributed by atoms with Crippen LogP contribution in [0.5, 0.6) is 0 Å². The van der Waals surface area contributed by atoms with Gasteiger partial charge in [0.1, 0.15) is 12.2 Å². The van der Waals surface area contributed by atoms with Crippen molar-refractivity contribution in [3.8, 4) is 0 Å². The minimum Gasteiger partial charge on any atom is -0.361 e. The van der Waals surface area contributed by atoms with Crippen molar-refractivity contribution < 1.29 is 14.4 Å². The molecule has 0 aliphatic rings. The summed E-state index contributed by atoms with van der Waals surface area (Å²) in [5, 5.41) is 16.4. The average molecular weight is 532 g/mol. The van der Waals surface area contributed by atoms with Gasteiger partial charge in [0.15, 0.2) is 0 Å². The van der Waals surface area contributed by atoms with Crippen LogP contribution in [-0.2, 0) is 22.4 Å². The third-order valence-corrected chi connectivity index (χ3v) is 6.97. The highest BCUT2D eigenvalue weighted by molar-refractivity contribution is 5.93. The number of rotatable bonds is 11. The summed E-state index contributed by atoms with van der Waals surface area (Å²) in [7, 11) is 1.70. The summed E-state index contributed by atoms with van der Waals surface area (Å²) >= 11 is 0. The fourth-order valence-corrected chi connectivity index (χ4v) is 4.48. The van der Waals surface area contributed by atoms with Crippen LogP contribution in [0.25, 0.3) is 21.8 Å². The van der Waals surface area contributed by atoms with Crippen LogP contribution in [0, 0.1) is 0 Å². The highest BCUT2D eigenvalue weighted by Gasteiger charge is 2.31. The zero-order valence-electron chi connectivity index (χ0n) is 22.8. The third kappa shape index (κ3) is 6.58. The molecule has 2 heterocycles. The Bertz CT molecular complexity index is 1460. The van der Waals surface area contributed by atoms with E-state index in [1.165, 1.54) is 0 Å². The summed E-state index contributed by atoms with van der Waals surface area (Å²) < 4.78 is 0. The van der Waals surface area contributed by atoms with Crippen LogP contribution in [0.4, 0.5) is 4.79 Å². The minimum absolute atomic E-state index is 0.266. The topological polar surface area (TPSA) is 143 Å². The quantitative estimate of drug-likeness (QED) is 0.149. The largest absolute Gasteiger partial charge is 0.361 e. The molecular formula is C29H37N7O3. The van der Waals surface area contributed by atoms with Crippen molar-refractivity contribution >= 4 is 39.7 Å². The first kappa shape index (κ1) is 27.7. The Morgan fingerprint density at radius 3 is 1.95 bits per heavy atom. The highest BCUT2D eigenvalue weighted by atomic mass is 16.2. The van der Waals surface area contributed by atoms with E-state index in [1.54, 1.807) is 20.9 Å². The van der Waals surface area contributed by atoms with Crippen molar-refractivity contribution in [2.45, 2.75) is 51.4 Å². The molecule has 0 aliphatic carbocycles. The maximum absolute atomic E-state index is 13.8. The molecular weight excluding hydrogens is 494 g/mol. The van der Waals surface area contributed by atoms with Crippen LogP contribution in [-0.4, -0.2) is 59.2 Å². The average Bonchev–Trinajstić information content (AvgIpc) is 3.52. The maximum atomic E-state index is 13.8. The van der Waals surface area contributed by atoms with E-state index in [1.807, 2.05) is 67.8 Å². The first-order valence-corrected chi connectivity index (χ1v) is 13.2. The molecule has 0 unspecified atom stereocenters. The lowest BCUT2D eigenvalue weighted by atomic mass is 10.0. The van der Waals surface area contributed by atoms with E-state index in [0.717, 1.165) is 32.9 Å². The van der Waals surface area contributed by atoms with Gasteiger partial charge in [-0.2, -0.15) is 0 Å². The molecule has 2 aromatic carbocycles. The summed E-state index contributed by atoms with van der Waals surface area (Å²) in [6.07, 6.45) is 3.63.